The van der Waals surface area contributed by atoms with E-state index in [1.807, 2.05) is 0 Å². The van der Waals surface area contributed by atoms with E-state index in [0.717, 1.165) is 17.3 Å². The molecular formula is C11H14FN5OS. The lowest BCUT2D eigenvalue weighted by molar-refractivity contribution is -0.113. The van der Waals surface area contributed by atoms with Crippen LogP contribution in [-0.4, -0.2) is 22.8 Å². The highest BCUT2D eigenvalue weighted by atomic mass is 32.2. The third-order valence-corrected chi connectivity index (χ3v) is 2.82. The van der Waals surface area contributed by atoms with Crippen LogP contribution in [0.25, 0.3) is 0 Å². The number of carbonyl (C=O) groups excluding carboxylic acids is 1. The van der Waals surface area contributed by atoms with Crippen LogP contribution in [-0.2, 0) is 4.79 Å². The van der Waals surface area contributed by atoms with Crippen LogP contribution in [0.3, 0.4) is 0 Å². The minimum absolute atomic E-state index is 0.0361. The van der Waals surface area contributed by atoms with Crippen molar-refractivity contribution in [1.29, 1.82) is 5.41 Å². The Hall–Kier alpha value is -2.09. The number of carbonyl (C=O) groups is 1. The van der Waals surface area contributed by atoms with Gasteiger partial charge in [0.25, 0.3) is 0 Å². The Morgan fingerprint density at radius 1 is 1.53 bits per heavy atom. The first-order valence-electron chi connectivity index (χ1n) is 5.25. The van der Waals surface area contributed by atoms with E-state index in [-0.39, 0.29) is 22.8 Å². The zero-order valence-electron chi connectivity index (χ0n) is 10.2. The Morgan fingerprint density at radius 3 is 2.84 bits per heavy atom. The number of guanidine groups is 1. The summed E-state index contributed by atoms with van der Waals surface area (Å²) in [6.07, 6.45) is 0. The molecular weight excluding hydrogens is 269 g/mol. The minimum Gasteiger partial charge on any atom is -0.370 e. The van der Waals surface area contributed by atoms with E-state index in [0.29, 0.717) is 5.69 Å². The van der Waals surface area contributed by atoms with E-state index in [9.17, 15) is 9.18 Å². The number of aliphatic imine (C=N–C) groups is 1. The first-order chi connectivity index (χ1) is 8.88. The Kier molecular flexibility index (Phi) is 5.31. The number of hydrogen-bond acceptors (Lipinski definition) is 3. The number of anilines is 1. The molecule has 1 rings (SSSR count). The monoisotopic (exact) mass is 283 g/mol. The number of rotatable bonds is 3. The minimum atomic E-state index is -0.429. The molecule has 1 aromatic carbocycles. The van der Waals surface area contributed by atoms with Crippen LogP contribution in [0, 0.1) is 18.2 Å². The molecule has 0 heterocycles. The molecule has 0 atom stereocenters. The summed E-state index contributed by atoms with van der Waals surface area (Å²) in [5, 5.41) is 9.74. The maximum absolute atomic E-state index is 13.0. The van der Waals surface area contributed by atoms with Crippen molar-refractivity contribution in [3.05, 3.63) is 29.6 Å². The first-order valence-corrected chi connectivity index (χ1v) is 6.24. The zero-order chi connectivity index (χ0) is 14.4. The lowest BCUT2D eigenvalue weighted by Gasteiger charge is -2.07. The molecule has 102 valence electrons. The van der Waals surface area contributed by atoms with Crippen molar-refractivity contribution < 1.29 is 9.18 Å². The normalized spacial score (nSPS) is 9.79. The van der Waals surface area contributed by atoms with E-state index >= 15 is 0 Å². The van der Waals surface area contributed by atoms with Crippen molar-refractivity contribution in [2.45, 2.75) is 6.92 Å². The first kappa shape index (κ1) is 15.0. The number of nitrogens with one attached hydrogen (secondary N) is 2. The van der Waals surface area contributed by atoms with Crippen molar-refractivity contribution in [1.82, 2.24) is 0 Å². The Bertz CT molecular complexity index is 528. The summed E-state index contributed by atoms with van der Waals surface area (Å²) in [6, 6.07) is 4.12. The Balaban J connectivity index is 2.54. The molecule has 8 heteroatoms. The lowest BCUT2D eigenvalue weighted by Crippen LogP contribution is -2.24. The molecule has 1 aromatic rings. The number of hydrogen-bond donors (Lipinski definition) is 4. The maximum Gasteiger partial charge on any atom is 0.234 e. The van der Waals surface area contributed by atoms with Gasteiger partial charge in [0.15, 0.2) is 11.1 Å². The fourth-order valence-corrected chi connectivity index (χ4v) is 1.71. The molecule has 0 bridgehead atoms. The van der Waals surface area contributed by atoms with Gasteiger partial charge >= 0.3 is 0 Å². The molecule has 0 saturated carbocycles. The average molecular weight is 283 g/mol. The number of aryl methyl sites for hydroxylation is 1. The van der Waals surface area contributed by atoms with Gasteiger partial charge in [-0.2, -0.15) is 4.99 Å². The van der Waals surface area contributed by atoms with E-state index in [2.05, 4.69) is 10.3 Å². The fraction of sp³-hybridized carbons (Fsp3) is 0.182. The number of halogens is 1. The molecule has 1 amide bonds. The summed E-state index contributed by atoms with van der Waals surface area (Å²) < 4.78 is 13.0. The number of nitrogens with zero attached hydrogens (tertiary/aromatic N) is 1. The second-order valence-corrected chi connectivity index (χ2v) is 4.60. The van der Waals surface area contributed by atoms with Crippen LogP contribution in [0.15, 0.2) is 23.2 Å². The van der Waals surface area contributed by atoms with Crippen molar-refractivity contribution in [2.75, 3.05) is 11.1 Å². The third kappa shape index (κ3) is 5.38. The predicted molar refractivity (Wildman–Crippen MR) is 75.8 cm³/mol. The van der Waals surface area contributed by atoms with Crippen molar-refractivity contribution >= 4 is 34.5 Å². The summed E-state index contributed by atoms with van der Waals surface area (Å²) in [4.78, 5) is 15.1. The summed E-state index contributed by atoms with van der Waals surface area (Å²) >= 11 is 0.872. The maximum atomic E-state index is 13.0. The molecule has 6 N–H and O–H groups in total. The van der Waals surface area contributed by atoms with Gasteiger partial charge in [-0.05, 0) is 24.6 Å². The molecule has 0 radical (unpaired) electrons. The number of benzene rings is 1. The standard InChI is InChI=1S/C11H14FN5OS/c1-6-2-3-7(12)4-8(6)16-9(18)5-19-11(15)17-10(13)14/h2-4H,5H2,1H3,(H,16,18)(H5,13,14,15,17). The van der Waals surface area contributed by atoms with Gasteiger partial charge in [-0.25, -0.2) is 4.39 Å². The summed E-state index contributed by atoms with van der Waals surface area (Å²) in [5.41, 5.74) is 11.3. The number of thioether (sulfide) groups is 1. The van der Waals surface area contributed by atoms with Gasteiger partial charge in [-0.15, -0.1) is 0 Å². The molecule has 0 aliphatic heterocycles. The van der Waals surface area contributed by atoms with Gasteiger partial charge in [0, 0.05) is 5.69 Å². The van der Waals surface area contributed by atoms with Gasteiger partial charge in [-0.3, -0.25) is 10.2 Å². The van der Waals surface area contributed by atoms with Gasteiger partial charge < -0.3 is 16.8 Å². The highest BCUT2D eigenvalue weighted by Crippen LogP contribution is 2.16. The van der Waals surface area contributed by atoms with Gasteiger partial charge in [0.05, 0.1) is 5.75 Å². The largest absolute Gasteiger partial charge is 0.370 e. The number of amides is 1. The van der Waals surface area contributed by atoms with Crippen LogP contribution in [0.2, 0.25) is 0 Å². The summed E-state index contributed by atoms with van der Waals surface area (Å²) in [6.45, 7) is 1.75. The average Bonchev–Trinajstić information content (AvgIpc) is 2.30. The highest BCUT2D eigenvalue weighted by Gasteiger charge is 2.07. The molecule has 0 aliphatic carbocycles. The lowest BCUT2D eigenvalue weighted by atomic mass is 10.2. The molecule has 0 fully saturated rings. The van der Waals surface area contributed by atoms with Crippen molar-refractivity contribution in [3.8, 4) is 0 Å². The smallest absolute Gasteiger partial charge is 0.234 e. The molecule has 0 spiro atoms. The van der Waals surface area contributed by atoms with Gasteiger partial charge in [0.1, 0.15) is 5.82 Å². The van der Waals surface area contributed by atoms with E-state index in [1.165, 1.54) is 12.1 Å². The second-order valence-electron chi connectivity index (χ2n) is 3.64. The fourth-order valence-electron chi connectivity index (χ4n) is 1.20. The molecule has 0 aromatic heterocycles. The van der Waals surface area contributed by atoms with Crippen LogP contribution in [0.5, 0.6) is 0 Å². The van der Waals surface area contributed by atoms with Crippen molar-refractivity contribution in [3.63, 3.8) is 0 Å². The molecule has 6 nitrogen and oxygen atoms in total. The van der Waals surface area contributed by atoms with Crippen LogP contribution in [0.4, 0.5) is 10.1 Å². The molecule has 0 unspecified atom stereocenters. The van der Waals surface area contributed by atoms with Crippen molar-refractivity contribution in [2.24, 2.45) is 16.5 Å². The third-order valence-electron chi connectivity index (χ3n) is 2.04. The zero-order valence-corrected chi connectivity index (χ0v) is 11.1. The van der Waals surface area contributed by atoms with E-state index < -0.39 is 5.82 Å². The van der Waals surface area contributed by atoms with Crippen LogP contribution in [0.1, 0.15) is 5.56 Å². The van der Waals surface area contributed by atoms with Gasteiger partial charge in [0.2, 0.25) is 5.91 Å². The second kappa shape index (κ2) is 6.74. The topological polar surface area (TPSA) is 117 Å². The number of amidine groups is 1. The van der Waals surface area contributed by atoms with E-state index in [1.54, 1.807) is 13.0 Å². The molecule has 0 saturated heterocycles. The number of nitrogens with two attached hydrogens (primary N) is 2. The Labute approximate surface area is 114 Å². The van der Waals surface area contributed by atoms with Crippen LogP contribution < -0.4 is 16.8 Å². The SMILES string of the molecule is Cc1ccc(F)cc1NC(=O)CSC(=N)N=C(N)N. The van der Waals surface area contributed by atoms with Crippen LogP contribution >= 0.6 is 11.8 Å². The molecule has 19 heavy (non-hydrogen) atoms. The van der Waals surface area contributed by atoms with Gasteiger partial charge in [-0.1, -0.05) is 17.8 Å². The predicted octanol–water partition coefficient (Wildman–Crippen LogP) is 1.01. The Morgan fingerprint density at radius 2 is 2.21 bits per heavy atom. The highest BCUT2D eigenvalue weighted by molar-refractivity contribution is 8.14. The van der Waals surface area contributed by atoms with E-state index in [4.69, 9.17) is 16.9 Å². The summed E-state index contributed by atoms with van der Waals surface area (Å²) in [5.74, 6) is -1.07. The quantitative estimate of drug-likeness (QED) is 0.489. The molecule has 0 aliphatic rings. The summed E-state index contributed by atoms with van der Waals surface area (Å²) in [7, 11) is 0.